The molecule has 1 aromatic rings. The maximum atomic E-state index is 10.1. The van der Waals surface area contributed by atoms with Crippen LogP contribution in [0.3, 0.4) is 0 Å². The predicted molar refractivity (Wildman–Crippen MR) is 54.9 cm³/mol. The highest BCUT2D eigenvalue weighted by atomic mass is 28.4. The molecule has 2 heteroatoms. The minimum atomic E-state index is -2.20. The molecular formula is C10H14OSi. The molecule has 0 saturated carbocycles. The van der Waals surface area contributed by atoms with Crippen LogP contribution in [-0.4, -0.2) is 13.1 Å². The first-order valence-corrected chi connectivity index (χ1v) is 6.71. The molecule has 0 aliphatic carbocycles. The van der Waals surface area contributed by atoms with Gasteiger partial charge in [0, 0.05) is 0 Å². The highest BCUT2D eigenvalue weighted by molar-refractivity contribution is 6.84. The summed E-state index contributed by atoms with van der Waals surface area (Å²) in [5.41, 5.74) is 0. The fourth-order valence-electron chi connectivity index (χ4n) is 1.20. The minimum absolute atomic E-state index is 0.719. The molecular weight excluding hydrogens is 164 g/mol. The largest absolute Gasteiger partial charge is 0.427 e. The zero-order chi connectivity index (χ0) is 9.03. The Hall–Kier alpha value is -0.863. The highest BCUT2D eigenvalue weighted by Crippen LogP contribution is 2.05. The standard InChI is InChI=1S/C10H14OSi/c1-3-9-12(2,11)10-7-5-4-6-8-10/h3-8,11H,1,9H2,2H3. The second-order valence-corrected chi connectivity index (χ2v) is 6.67. The summed E-state index contributed by atoms with van der Waals surface area (Å²) in [4.78, 5) is 10.1. The molecule has 1 unspecified atom stereocenters. The van der Waals surface area contributed by atoms with Crippen molar-refractivity contribution in [1.82, 2.24) is 0 Å². The number of hydrogen-bond donors (Lipinski definition) is 1. The molecule has 0 aromatic heterocycles. The fourth-order valence-corrected chi connectivity index (χ4v) is 2.90. The first-order chi connectivity index (χ1) is 5.67. The maximum Gasteiger partial charge on any atom is 0.220 e. The van der Waals surface area contributed by atoms with Crippen molar-refractivity contribution in [2.75, 3.05) is 0 Å². The maximum absolute atomic E-state index is 10.1. The second kappa shape index (κ2) is 3.69. The van der Waals surface area contributed by atoms with E-state index in [1.807, 2.05) is 36.9 Å². The summed E-state index contributed by atoms with van der Waals surface area (Å²) in [5.74, 6) is 0. The zero-order valence-electron chi connectivity index (χ0n) is 7.33. The van der Waals surface area contributed by atoms with Crippen LogP contribution < -0.4 is 5.19 Å². The van der Waals surface area contributed by atoms with Crippen molar-refractivity contribution in [3.05, 3.63) is 43.0 Å². The van der Waals surface area contributed by atoms with Crippen LogP contribution >= 0.6 is 0 Å². The molecule has 0 bridgehead atoms. The van der Waals surface area contributed by atoms with Gasteiger partial charge in [-0.2, -0.15) is 0 Å². The molecule has 64 valence electrons. The van der Waals surface area contributed by atoms with Gasteiger partial charge in [0.25, 0.3) is 0 Å². The van der Waals surface area contributed by atoms with E-state index >= 15 is 0 Å². The number of hydrogen-bond acceptors (Lipinski definition) is 1. The third-order valence-electron chi connectivity index (χ3n) is 1.94. The highest BCUT2D eigenvalue weighted by Gasteiger charge is 2.24. The Balaban J connectivity index is 2.89. The van der Waals surface area contributed by atoms with E-state index < -0.39 is 8.32 Å². The molecule has 0 aliphatic heterocycles. The van der Waals surface area contributed by atoms with Gasteiger partial charge >= 0.3 is 0 Å². The molecule has 1 aromatic carbocycles. The van der Waals surface area contributed by atoms with Crippen LogP contribution in [0.2, 0.25) is 12.6 Å². The lowest BCUT2D eigenvalue weighted by molar-refractivity contribution is 0.563. The Labute approximate surface area is 74.5 Å². The smallest absolute Gasteiger partial charge is 0.220 e. The van der Waals surface area contributed by atoms with Crippen LogP contribution in [0.5, 0.6) is 0 Å². The summed E-state index contributed by atoms with van der Waals surface area (Å²) in [6.45, 7) is 5.58. The van der Waals surface area contributed by atoms with E-state index in [1.54, 1.807) is 6.08 Å². The molecule has 0 aliphatic rings. The number of benzene rings is 1. The summed E-state index contributed by atoms with van der Waals surface area (Å²) in [7, 11) is -2.20. The monoisotopic (exact) mass is 178 g/mol. The van der Waals surface area contributed by atoms with Gasteiger partial charge in [-0.1, -0.05) is 36.4 Å². The van der Waals surface area contributed by atoms with Gasteiger partial charge < -0.3 is 4.80 Å². The zero-order valence-corrected chi connectivity index (χ0v) is 8.33. The minimum Gasteiger partial charge on any atom is -0.427 e. The van der Waals surface area contributed by atoms with Crippen molar-refractivity contribution < 1.29 is 4.80 Å². The normalized spacial score (nSPS) is 15.2. The molecule has 1 N–H and O–H groups in total. The first-order valence-electron chi connectivity index (χ1n) is 4.05. The van der Waals surface area contributed by atoms with Gasteiger partial charge in [0.15, 0.2) is 0 Å². The lowest BCUT2D eigenvalue weighted by Gasteiger charge is -2.18. The van der Waals surface area contributed by atoms with E-state index in [0.29, 0.717) is 0 Å². The molecule has 0 saturated heterocycles. The van der Waals surface area contributed by atoms with Crippen LogP contribution in [0.4, 0.5) is 0 Å². The summed E-state index contributed by atoms with van der Waals surface area (Å²) < 4.78 is 0. The summed E-state index contributed by atoms with van der Waals surface area (Å²) in [6.07, 6.45) is 1.79. The van der Waals surface area contributed by atoms with E-state index in [0.717, 1.165) is 11.2 Å². The van der Waals surface area contributed by atoms with Crippen LogP contribution in [0.1, 0.15) is 0 Å². The Morgan fingerprint density at radius 2 is 2.00 bits per heavy atom. The third-order valence-corrected chi connectivity index (χ3v) is 4.60. The average molecular weight is 178 g/mol. The van der Waals surface area contributed by atoms with Crippen molar-refractivity contribution in [1.29, 1.82) is 0 Å². The Bertz CT molecular complexity index is 254. The van der Waals surface area contributed by atoms with Gasteiger partial charge in [-0.05, 0) is 17.8 Å². The molecule has 0 fully saturated rings. The van der Waals surface area contributed by atoms with E-state index in [1.165, 1.54) is 0 Å². The topological polar surface area (TPSA) is 20.2 Å². The Kier molecular flexibility index (Phi) is 2.84. The van der Waals surface area contributed by atoms with Crippen LogP contribution in [0.25, 0.3) is 0 Å². The van der Waals surface area contributed by atoms with E-state index in [2.05, 4.69) is 6.58 Å². The molecule has 0 spiro atoms. The summed E-state index contributed by atoms with van der Waals surface area (Å²) >= 11 is 0. The molecule has 1 nitrogen and oxygen atoms in total. The Morgan fingerprint density at radius 1 is 1.42 bits per heavy atom. The quantitative estimate of drug-likeness (QED) is 0.551. The molecule has 0 radical (unpaired) electrons. The SMILES string of the molecule is C=CC[Si](C)(O)c1ccccc1. The fraction of sp³-hybridized carbons (Fsp3) is 0.200. The van der Waals surface area contributed by atoms with E-state index in [-0.39, 0.29) is 0 Å². The molecule has 0 heterocycles. The van der Waals surface area contributed by atoms with Crippen molar-refractivity contribution >= 4 is 13.5 Å². The first kappa shape index (κ1) is 9.23. The van der Waals surface area contributed by atoms with Crippen LogP contribution in [0.15, 0.2) is 43.0 Å². The average Bonchev–Trinajstić information content (AvgIpc) is 2.06. The predicted octanol–water partition coefficient (Wildman–Crippen LogP) is 1.65. The molecule has 1 rings (SSSR count). The Morgan fingerprint density at radius 3 is 2.50 bits per heavy atom. The number of allylic oxidation sites excluding steroid dienone is 1. The third kappa shape index (κ3) is 2.06. The second-order valence-electron chi connectivity index (χ2n) is 3.13. The molecule has 1 atom stereocenters. The van der Waals surface area contributed by atoms with Gasteiger partial charge in [-0.15, -0.1) is 6.58 Å². The van der Waals surface area contributed by atoms with Crippen molar-refractivity contribution in [2.45, 2.75) is 12.6 Å². The van der Waals surface area contributed by atoms with E-state index in [4.69, 9.17) is 0 Å². The molecule has 0 amide bonds. The van der Waals surface area contributed by atoms with Gasteiger partial charge in [0.1, 0.15) is 0 Å². The molecule has 12 heavy (non-hydrogen) atoms. The summed E-state index contributed by atoms with van der Waals surface area (Å²) in [5, 5.41) is 1.07. The van der Waals surface area contributed by atoms with Crippen molar-refractivity contribution in [3.63, 3.8) is 0 Å². The summed E-state index contributed by atoms with van der Waals surface area (Å²) in [6, 6.07) is 10.6. The van der Waals surface area contributed by atoms with E-state index in [9.17, 15) is 4.80 Å². The van der Waals surface area contributed by atoms with Crippen molar-refractivity contribution in [2.24, 2.45) is 0 Å². The van der Waals surface area contributed by atoms with Crippen molar-refractivity contribution in [3.8, 4) is 0 Å². The lowest BCUT2D eigenvalue weighted by Crippen LogP contribution is -2.44. The lowest BCUT2D eigenvalue weighted by atomic mass is 10.4. The van der Waals surface area contributed by atoms with Gasteiger partial charge in [0.2, 0.25) is 8.32 Å². The van der Waals surface area contributed by atoms with Gasteiger partial charge in [-0.3, -0.25) is 0 Å². The van der Waals surface area contributed by atoms with Gasteiger partial charge in [0.05, 0.1) is 0 Å². The van der Waals surface area contributed by atoms with Gasteiger partial charge in [-0.25, -0.2) is 0 Å². The van der Waals surface area contributed by atoms with Crippen LogP contribution in [-0.2, 0) is 0 Å². The van der Waals surface area contributed by atoms with Crippen LogP contribution in [0, 0.1) is 0 Å². The number of rotatable bonds is 3.